The molecular weight excluding hydrogens is 378 g/mol. The standard InChI is InChI=1S/C22H18ClNO4/c1-3-13-5-4-6-14-16(10-24-22(13)14)18(25)11-27-20-9-19-15(8-17(20)23)12(2)7-21(26)28-19/h4-10,24H,3,11H2,1-2H3. The van der Waals surface area contributed by atoms with Gasteiger partial charge in [-0.05, 0) is 30.5 Å². The third-order valence-corrected chi connectivity index (χ3v) is 5.14. The van der Waals surface area contributed by atoms with Gasteiger partial charge < -0.3 is 14.1 Å². The lowest BCUT2D eigenvalue weighted by Gasteiger charge is -2.09. The number of H-pyrrole nitrogens is 1. The van der Waals surface area contributed by atoms with E-state index in [9.17, 15) is 9.59 Å². The Morgan fingerprint density at radius 2 is 2.04 bits per heavy atom. The molecular formula is C22H18ClNO4. The Balaban J connectivity index is 1.62. The summed E-state index contributed by atoms with van der Waals surface area (Å²) in [6.45, 7) is 3.70. The van der Waals surface area contributed by atoms with E-state index >= 15 is 0 Å². The molecule has 0 aliphatic heterocycles. The molecule has 2 heterocycles. The van der Waals surface area contributed by atoms with Crippen molar-refractivity contribution in [1.29, 1.82) is 0 Å². The molecule has 2 aromatic heterocycles. The number of rotatable bonds is 5. The molecule has 0 saturated carbocycles. The summed E-state index contributed by atoms with van der Waals surface area (Å²) < 4.78 is 10.9. The highest BCUT2D eigenvalue weighted by Gasteiger charge is 2.16. The maximum Gasteiger partial charge on any atom is 0.336 e. The van der Waals surface area contributed by atoms with E-state index in [0.29, 0.717) is 21.9 Å². The first-order chi connectivity index (χ1) is 13.5. The number of benzene rings is 2. The van der Waals surface area contributed by atoms with Crippen LogP contribution in [0.3, 0.4) is 0 Å². The number of hydrogen-bond donors (Lipinski definition) is 1. The van der Waals surface area contributed by atoms with Crippen LogP contribution in [0.5, 0.6) is 5.75 Å². The number of nitrogens with one attached hydrogen (secondary N) is 1. The zero-order valence-corrected chi connectivity index (χ0v) is 16.2. The predicted octanol–water partition coefficient (Wildman–Crippen LogP) is 5.06. The van der Waals surface area contributed by atoms with E-state index in [1.807, 2.05) is 18.2 Å². The maximum absolute atomic E-state index is 12.7. The van der Waals surface area contributed by atoms with E-state index in [1.54, 1.807) is 25.3 Å². The highest BCUT2D eigenvalue weighted by atomic mass is 35.5. The quantitative estimate of drug-likeness (QED) is 0.378. The third kappa shape index (κ3) is 3.18. The Morgan fingerprint density at radius 3 is 2.82 bits per heavy atom. The molecule has 142 valence electrons. The molecule has 6 heteroatoms. The smallest absolute Gasteiger partial charge is 0.336 e. The van der Waals surface area contributed by atoms with Gasteiger partial charge in [0.1, 0.15) is 11.3 Å². The lowest BCUT2D eigenvalue weighted by molar-refractivity contribution is 0.0923. The minimum Gasteiger partial charge on any atom is -0.484 e. The van der Waals surface area contributed by atoms with Crippen molar-refractivity contribution < 1.29 is 13.9 Å². The van der Waals surface area contributed by atoms with Gasteiger partial charge in [0.05, 0.1) is 5.02 Å². The number of halogens is 1. The molecule has 4 rings (SSSR count). The lowest BCUT2D eigenvalue weighted by Crippen LogP contribution is -2.11. The molecule has 0 unspecified atom stereocenters. The number of hydrogen-bond acceptors (Lipinski definition) is 4. The first-order valence-corrected chi connectivity index (χ1v) is 9.34. The number of carbonyl (C=O) groups excluding carboxylic acids is 1. The Bertz CT molecular complexity index is 1270. The van der Waals surface area contributed by atoms with Crippen LogP contribution in [0.4, 0.5) is 0 Å². The number of ether oxygens (including phenoxy) is 1. The van der Waals surface area contributed by atoms with Gasteiger partial charge in [0.15, 0.2) is 6.61 Å². The van der Waals surface area contributed by atoms with Crippen molar-refractivity contribution in [2.75, 3.05) is 6.61 Å². The summed E-state index contributed by atoms with van der Waals surface area (Å²) in [4.78, 5) is 27.5. The van der Waals surface area contributed by atoms with Gasteiger partial charge in [-0.25, -0.2) is 4.79 Å². The minimum atomic E-state index is -0.445. The fourth-order valence-corrected chi connectivity index (χ4v) is 3.61. The topological polar surface area (TPSA) is 72.3 Å². The summed E-state index contributed by atoms with van der Waals surface area (Å²) in [5.41, 5.74) is 3.39. The number of aromatic nitrogens is 1. The number of Topliss-reactive ketones (excluding diaryl/α,β-unsaturated/α-hetero) is 1. The number of aromatic amines is 1. The van der Waals surface area contributed by atoms with Crippen LogP contribution in [-0.4, -0.2) is 17.4 Å². The van der Waals surface area contributed by atoms with Crippen molar-refractivity contribution in [1.82, 2.24) is 4.98 Å². The molecule has 0 aliphatic carbocycles. The number of fused-ring (bicyclic) bond motifs is 2. The van der Waals surface area contributed by atoms with Gasteiger partial charge in [-0.1, -0.05) is 36.7 Å². The van der Waals surface area contributed by atoms with Crippen molar-refractivity contribution >= 4 is 39.3 Å². The average Bonchev–Trinajstić information content (AvgIpc) is 3.11. The molecule has 0 bridgehead atoms. The fraction of sp³-hybridized carbons (Fsp3) is 0.182. The molecule has 0 saturated heterocycles. The third-order valence-electron chi connectivity index (χ3n) is 4.85. The second kappa shape index (κ2) is 7.17. The molecule has 0 aliphatic rings. The van der Waals surface area contributed by atoms with Gasteiger partial charge in [0.2, 0.25) is 5.78 Å². The molecule has 0 fully saturated rings. The second-order valence-corrected chi connectivity index (χ2v) is 7.04. The van der Waals surface area contributed by atoms with Crippen LogP contribution in [0.2, 0.25) is 5.02 Å². The van der Waals surface area contributed by atoms with Gasteiger partial charge in [-0.3, -0.25) is 4.79 Å². The first-order valence-electron chi connectivity index (χ1n) is 8.97. The zero-order chi connectivity index (χ0) is 19.8. The van der Waals surface area contributed by atoms with Gasteiger partial charge in [-0.2, -0.15) is 0 Å². The summed E-state index contributed by atoms with van der Waals surface area (Å²) in [5, 5.41) is 1.95. The van der Waals surface area contributed by atoms with Gasteiger partial charge in [0.25, 0.3) is 0 Å². The molecule has 0 atom stereocenters. The number of aryl methyl sites for hydroxylation is 2. The number of ketones is 1. The SMILES string of the molecule is CCc1cccc2c(C(=O)COc3cc4oc(=O)cc(C)c4cc3Cl)c[nH]c12. The van der Waals surface area contributed by atoms with Crippen LogP contribution < -0.4 is 10.4 Å². The predicted molar refractivity (Wildman–Crippen MR) is 110 cm³/mol. The molecule has 2 aromatic carbocycles. The van der Waals surface area contributed by atoms with Crippen LogP contribution in [0.15, 0.2) is 51.8 Å². The van der Waals surface area contributed by atoms with Crippen molar-refractivity contribution in [2.24, 2.45) is 0 Å². The van der Waals surface area contributed by atoms with Gasteiger partial charge >= 0.3 is 5.63 Å². The van der Waals surface area contributed by atoms with Crippen molar-refractivity contribution in [3.8, 4) is 5.75 Å². The Morgan fingerprint density at radius 1 is 1.21 bits per heavy atom. The molecule has 4 aromatic rings. The molecule has 5 nitrogen and oxygen atoms in total. The lowest BCUT2D eigenvalue weighted by atomic mass is 10.1. The zero-order valence-electron chi connectivity index (χ0n) is 15.5. The van der Waals surface area contributed by atoms with E-state index in [0.717, 1.165) is 33.8 Å². The summed E-state index contributed by atoms with van der Waals surface area (Å²) in [7, 11) is 0. The molecule has 0 radical (unpaired) electrons. The Hall–Kier alpha value is -3.05. The number of carbonyl (C=O) groups is 1. The summed E-state index contributed by atoms with van der Waals surface area (Å²) in [6.07, 6.45) is 2.58. The first kappa shape index (κ1) is 18.3. The normalized spacial score (nSPS) is 11.2. The highest BCUT2D eigenvalue weighted by molar-refractivity contribution is 6.32. The summed E-state index contributed by atoms with van der Waals surface area (Å²) in [6, 6.07) is 10.5. The van der Waals surface area contributed by atoms with E-state index in [1.165, 1.54) is 6.07 Å². The van der Waals surface area contributed by atoms with E-state index < -0.39 is 5.63 Å². The molecule has 1 N–H and O–H groups in total. The van der Waals surface area contributed by atoms with Crippen molar-refractivity contribution in [3.63, 3.8) is 0 Å². The number of para-hydroxylation sites is 1. The maximum atomic E-state index is 12.7. The van der Waals surface area contributed by atoms with Crippen LogP contribution >= 0.6 is 11.6 Å². The molecule has 0 spiro atoms. The Kier molecular flexibility index (Phi) is 4.69. The second-order valence-electron chi connectivity index (χ2n) is 6.63. The van der Waals surface area contributed by atoms with Gasteiger partial charge in [-0.15, -0.1) is 0 Å². The van der Waals surface area contributed by atoms with Crippen LogP contribution in [0.25, 0.3) is 21.9 Å². The summed E-state index contributed by atoms with van der Waals surface area (Å²) in [5.74, 6) is 0.131. The van der Waals surface area contributed by atoms with Crippen LogP contribution in [0, 0.1) is 6.92 Å². The monoisotopic (exact) mass is 395 g/mol. The van der Waals surface area contributed by atoms with Gasteiger partial charge in [0, 0.05) is 40.2 Å². The average molecular weight is 396 g/mol. The van der Waals surface area contributed by atoms with Crippen LogP contribution in [-0.2, 0) is 6.42 Å². The summed E-state index contributed by atoms with van der Waals surface area (Å²) >= 11 is 6.30. The van der Waals surface area contributed by atoms with E-state index in [4.69, 9.17) is 20.8 Å². The van der Waals surface area contributed by atoms with E-state index in [2.05, 4.69) is 11.9 Å². The Labute approximate surface area is 165 Å². The fourth-order valence-electron chi connectivity index (χ4n) is 3.39. The van der Waals surface area contributed by atoms with Crippen molar-refractivity contribution in [2.45, 2.75) is 20.3 Å². The highest BCUT2D eigenvalue weighted by Crippen LogP contribution is 2.31. The van der Waals surface area contributed by atoms with Crippen molar-refractivity contribution in [3.05, 3.63) is 74.7 Å². The van der Waals surface area contributed by atoms with E-state index in [-0.39, 0.29) is 12.4 Å². The molecule has 0 amide bonds. The largest absolute Gasteiger partial charge is 0.484 e. The molecule has 28 heavy (non-hydrogen) atoms. The van der Waals surface area contributed by atoms with Crippen LogP contribution in [0.1, 0.15) is 28.4 Å². The minimum absolute atomic E-state index is 0.165.